The Morgan fingerprint density at radius 2 is 1.81 bits per heavy atom. The maximum Gasteiger partial charge on any atom is 0.341 e. The highest BCUT2D eigenvalue weighted by Crippen LogP contribution is 2.31. The fraction of sp³-hybridized carbons (Fsp3) is 0.150. The maximum absolute atomic E-state index is 11.7. The molecule has 0 saturated carbocycles. The van der Waals surface area contributed by atoms with Crippen LogP contribution in [0.5, 0.6) is 5.75 Å². The van der Waals surface area contributed by atoms with Crippen LogP contribution in [0.1, 0.15) is 21.7 Å². The molecule has 132 valence electrons. The summed E-state index contributed by atoms with van der Waals surface area (Å²) in [7, 11) is 1.27. The number of carbonyl (C=O) groups is 1. The van der Waals surface area contributed by atoms with Crippen LogP contribution in [0.25, 0.3) is 11.3 Å². The van der Waals surface area contributed by atoms with Crippen LogP contribution in [-0.4, -0.2) is 28.2 Å². The first-order chi connectivity index (χ1) is 12.5. The molecular weight excluding hydrogens is 330 g/mol. The Labute approximate surface area is 151 Å². The van der Waals surface area contributed by atoms with Gasteiger partial charge in [0.2, 0.25) is 0 Å². The number of aryl methyl sites for hydroxylation is 2. The molecule has 0 spiro atoms. The Morgan fingerprint density at radius 1 is 1.08 bits per heavy atom. The number of hydrogen-bond donors (Lipinski definition) is 2. The number of benzene rings is 2. The highest BCUT2D eigenvalue weighted by atomic mass is 16.5. The lowest BCUT2D eigenvalue weighted by Gasteiger charge is -2.12. The number of hydrogen-bond acceptors (Lipinski definition) is 6. The molecule has 0 saturated heterocycles. The van der Waals surface area contributed by atoms with Crippen molar-refractivity contribution in [2.24, 2.45) is 0 Å². The fourth-order valence-corrected chi connectivity index (χ4v) is 2.56. The van der Waals surface area contributed by atoms with Crippen LogP contribution in [0.15, 0.2) is 48.5 Å². The quantitative estimate of drug-likeness (QED) is 0.547. The lowest BCUT2D eigenvalue weighted by atomic mass is 10.1. The van der Waals surface area contributed by atoms with E-state index in [1.807, 2.05) is 31.2 Å². The number of nitrogens with one attached hydrogen (secondary N) is 1. The summed E-state index contributed by atoms with van der Waals surface area (Å²) in [6.07, 6.45) is 0. The van der Waals surface area contributed by atoms with E-state index < -0.39 is 5.97 Å². The highest BCUT2D eigenvalue weighted by molar-refractivity contribution is 5.95. The predicted octanol–water partition coefficient (Wildman–Crippen LogP) is 4.00. The minimum Gasteiger partial charge on any atom is -0.505 e. The minimum atomic E-state index is -0.606. The Hall–Kier alpha value is -3.41. The molecule has 0 amide bonds. The van der Waals surface area contributed by atoms with Gasteiger partial charge in [0, 0.05) is 11.6 Å². The summed E-state index contributed by atoms with van der Waals surface area (Å²) in [4.78, 5) is 20.6. The lowest BCUT2D eigenvalue weighted by Crippen LogP contribution is -2.04. The van der Waals surface area contributed by atoms with Crippen molar-refractivity contribution in [3.05, 3.63) is 65.5 Å². The lowest BCUT2D eigenvalue weighted by molar-refractivity contribution is 0.0597. The van der Waals surface area contributed by atoms with Gasteiger partial charge in [-0.3, -0.25) is 0 Å². The van der Waals surface area contributed by atoms with Crippen LogP contribution in [0, 0.1) is 13.8 Å². The van der Waals surface area contributed by atoms with Gasteiger partial charge in [-0.1, -0.05) is 35.9 Å². The van der Waals surface area contributed by atoms with Gasteiger partial charge in [0.05, 0.1) is 18.5 Å². The number of anilines is 2. The van der Waals surface area contributed by atoms with Crippen molar-refractivity contribution in [2.45, 2.75) is 13.8 Å². The molecule has 0 bridgehead atoms. The standard InChI is InChI=1S/C20H19N3O3/c1-12-7-9-14(10-8-12)17-11-18(22-13(2)21-17)23-16-6-4-5-15(19(16)24)20(25)26-3/h4-11,24H,1-3H3,(H,21,22,23). The molecule has 2 N–H and O–H groups in total. The molecule has 0 atom stereocenters. The number of aromatic hydroxyl groups is 1. The number of aromatic nitrogens is 2. The summed E-state index contributed by atoms with van der Waals surface area (Å²) in [6.45, 7) is 3.83. The van der Waals surface area contributed by atoms with E-state index in [-0.39, 0.29) is 11.3 Å². The molecule has 26 heavy (non-hydrogen) atoms. The van der Waals surface area contributed by atoms with Gasteiger partial charge in [-0.15, -0.1) is 0 Å². The van der Waals surface area contributed by atoms with Gasteiger partial charge in [0.25, 0.3) is 0 Å². The summed E-state index contributed by atoms with van der Waals surface area (Å²) in [5.41, 5.74) is 3.35. The summed E-state index contributed by atoms with van der Waals surface area (Å²) in [6, 6.07) is 14.6. The monoisotopic (exact) mass is 349 g/mol. The van der Waals surface area contributed by atoms with Gasteiger partial charge in [0.15, 0.2) is 5.75 Å². The predicted molar refractivity (Wildman–Crippen MR) is 99.7 cm³/mol. The number of nitrogens with zero attached hydrogens (tertiary/aromatic N) is 2. The van der Waals surface area contributed by atoms with Crippen molar-refractivity contribution in [1.82, 2.24) is 9.97 Å². The number of carbonyl (C=O) groups excluding carboxylic acids is 1. The second-order valence-corrected chi connectivity index (χ2v) is 5.87. The van der Waals surface area contributed by atoms with E-state index in [9.17, 15) is 9.90 Å². The molecule has 0 aliphatic heterocycles. The van der Waals surface area contributed by atoms with Gasteiger partial charge in [-0.2, -0.15) is 0 Å². The molecule has 0 aliphatic rings. The molecule has 1 aromatic heterocycles. The van der Waals surface area contributed by atoms with E-state index >= 15 is 0 Å². The van der Waals surface area contributed by atoms with Crippen molar-refractivity contribution in [3.8, 4) is 17.0 Å². The summed E-state index contributed by atoms with van der Waals surface area (Å²) in [5.74, 6) is 0.317. The summed E-state index contributed by atoms with van der Waals surface area (Å²) >= 11 is 0. The molecule has 6 heteroatoms. The third-order valence-electron chi connectivity index (χ3n) is 3.89. The second-order valence-electron chi connectivity index (χ2n) is 5.87. The van der Waals surface area contributed by atoms with Gasteiger partial charge in [-0.25, -0.2) is 14.8 Å². The Morgan fingerprint density at radius 3 is 2.50 bits per heavy atom. The molecule has 3 aromatic rings. The van der Waals surface area contributed by atoms with Crippen LogP contribution in [0.4, 0.5) is 11.5 Å². The zero-order valence-corrected chi connectivity index (χ0v) is 14.8. The highest BCUT2D eigenvalue weighted by Gasteiger charge is 2.15. The maximum atomic E-state index is 11.7. The minimum absolute atomic E-state index is 0.0852. The van der Waals surface area contributed by atoms with E-state index in [2.05, 4.69) is 20.0 Å². The van der Waals surface area contributed by atoms with Crippen LogP contribution in [-0.2, 0) is 4.74 Å². The Balaban J connectivity index is 1.96. The van der Waals surface area contributed by atoms with E-state index in [0.717, 1.165) is 11.3 Å². The van der Waals surface area contributed by atoms with E-state index in [1.54, 1.807) is 25.1 Å². The number of phenols is 1. The average Bonchev–Trinajstić information content (AvgIpc) is 2.63. The zero-order chi connectivity index (χ0) is 18.7. The molecule has 2 aromatic carbocycles. The third-order valence-corrected chi connectivity index (χ3v) is 3.89. The van der Waals surface area contributed by atoms with Gasteiger partial charge < -0.3 is 15.2 Å². The number of ether oxygens (including phenoxy) is 1. The Bertz CT molecular complexity index is 953. The van der Waals surface area contributed by atoms with Crippen molar-refractivity contribution < 1.29 is 14.6 Å². The van der Waals surface area contributed by atoms with Crippen LogP contribution in [0.3, 0.4) is 0 Å². The number of rotatable bonds is 4. The molecule has 0 fully saturated rings. The summed E-state index contributed by atoms with van der Waals surface area (Å²) in [5, 5.41) is 13.4. The molecule has 0 radical (unpaired) electrons. The normalized spacial score (nSPS) is 10.4. The van der Waals surface area contributed by atoms with E-state index in [1.165, 1.54) is 18.7 Å². The number of methoxy groups -OCH3 is 1. The molecule has 3 rings (SSSR count). The van der Waals surface area contributed by atoms with Gasteiger partial charge >= 0.3 is 5.97 Å². The van der Waals surface area contributed by atoms with Crippen molar-refractivity contribution in [1.29, 1.82) is 0 Å². The molecular formula is C20H19N3O3. The third kappa shape index (κ3) is 3.64. The second kappa shape index (κ2) is 7.23. The van der Waals surface area contributed by atoms with Crippen LogP contribution >= 0.6 is 0 Å². The van der Waals surface area contributed by atoms with Gasteiger partial charge in [-0.05, 0) is 26.0 Å². The topological polar surface area (TPSA) is 84.3 Å². The van der Waals surface area contributed by atoms with E-state index in [0.29, 0.717) is 17.3 Å². The zero-order valence-electron chi connectivity index (χ0n) is 14.8. The van der Waals surface area contributed by atoms with Gasteiger partial charge in [0.1, 0.15) is 17.2 Å². The first-order valence-electron chi connectivity index (χ1n) is 8.08. The molecule has 6 nitrogen and oxygen atoms in total. The van der Waals surface area contributed by atoms with Crippen LogP contribution < -0.4 is 5.32 Å². The smallest absolute Gasteiger partial charge is 0.341 e. The number of phenolic OH excluding ortho intramolecular Hbond substituents is 1. The van der Waals surface area contributed by atoms with E-state index in [4.69, 9.17) is 0 Å². The largest absolute Gasteiger partial charge is 0.505 e. The van der Waals surface area contributed by atoms with Crippen LogP contribution in [0.2, 0.25) is 0 Å². The van der Waals surface area contributed by atoms with Crippen molar-refractivity contribution in [2.75, 3.05) is 12.4 Å². The first-order valence-corrected chi connectivity index (χ1v) is 8.08. The van der Waals surface area contributed by atoms with Crippen molar-refractivity contribution in [3.63, 3.8) is 0 Å². The molecule has 1 heterocycles. The average molecular weight is 349 g/mol. The fourth-order valence-electron chi connectivity index (χ4n) is 2.56. The number of para-hydroxylation sites is 1. The SMILES string of the molecule is COC(=O)c1cccc(Nc2cc(-c3ccc(C)cc3)nc(C)n2)c1O. The molecule has 0 aliphatic carbocycles. The number of esters is 1. The summed E-state index contributed by atoms with van der Waals surface area (Å²) < 4.78 is 4.68. The first kappa shape index (κ1) is 17.4. The Kier molecular flexibility index (Phi) is 4.84. The molecule has 0 unspecified atom stereocenters. The van der Waals surface area contributed by atoms with Crippen molar-refractivity contribution >= 4 is 17.5 Å².